The van der Waals surface area contributed by atoms with E-state index >= 15 is 0 Å². The molecule has 310 valence electrons. The van der Waals surface area contributed by atoms with E-state index < -0.39 is 68.0 Å². The van der Waals surface area contributed by atoms with E-state index in [9.17, 15) is 27.6 Å². The molecule has 0 radical (unpaired) electrons. The van der Waals surface area contributed by atoms with Gasteiger partial charge in [-0.05, 0) is 111 Å². The van der Waals surface area contributed by atoms with Crippen LogP contribution in [0.25, 0.3) is 10.8 Å². The lowest BCUT2D eigenvalue weighted by atomic mass is 9.87. The first-order valence-electron chi connectivity index (χ1n) is 20.1. The van der Waals surface area contributed by atoms with Gasteiger partial charge in [-0.1, -0.05) is 26.0 Å². The Morgan fingerprint density at radius 3 is 2.47 bits per heavy atom. The topological polar surface area (TPSA) is 176 Å². The largest absolute Gasteiger partial charge is 0.497 e. The van der Waals surface area contributed by atoms with E-state index in [1.807, 2.05) is 68.4 Å². The van der Waals surface area contributed by atoms with E-state index in [4.69, 9.17) is 9.47 Å². The summed E-state index contributed by atoms with van der Waals surface area (Å²) in [6.45, 7) is 5.63. The smallest absolute Gasteiger partial charge is 0.259 e. The van der Waals surface area contributed by atoms with Crippen molar-refractivity contribution in [2.45, 2.75) is 94.2 Å². The number of amides is 4. The number of allylic oxidation sites excluding steroid dienone is 1. The first-order chi connectivity index (χ1) is 27.5. The number of pyridine rings is 1. The SMILES string of the molecule is COc1ccc2c(OC3CC4C(=O)NC5(C(=O)NS(=O)(=O)C6(C)CC6)CC5C=CCCC(C)CC(C)C(NC(=O)c5ccc(N(C)C)cc5)C(=O)N4C3)nccc2c1. The number of hydrogen-bond acceptors (Lipinski definition) is 10. The molecular formula is C43H54N6O8S. The zero-order chi connectivity index (χ0) is 41.6. The third-order valence-electron chi connectivity index (χ3n) is 12.4. The summed E-state index contributed by atoms with van der Waals surface area (Å²) in [5.41, 5.74) is -0.224. The maximum Gasteiger partial charge on any atom is 0.259 e. The van der Waals surface area contributed by atoms with Gasteiger partial charge in [-0.25, -0.2) is 13.4 Å². The summed E-state index contributed by atoms with van der Waals surface area (Å²) >= 11 is 0. The summed E-state index contributed by atoms with van der Waals surface area (Å²) in [7, 11) is 1.40. The molecule has 7 rings (SSSR count). The molecule has 58 heavy (non-hydrogen) atoms. The van der Waals surface area contributed by atoms with Gasteiger partial charge in [-0.2, -0.15) is 0 Å². The highest BCUT2D eigenvalue weighted by Gasteiger charge is 2.63. The number of methoxy groups -OCH3 is 1. The molecule has 1 saturated heterocycles. The van der Waals surface area contributed by atoms with E-state index in [2.05, 4.69) is 27.3 Å². The van der Waals surface area contributed by atoms with Crippen LogP contribution in [0.5, 0.6) is 11.6 Å². The number of fused-ring (bicyclic) bond motifs is 3. The molecule has 14 nitrogen and oxygen atoms in total. The van der Waals surface area contributed by atoms with Crippen LogP contribution in [-0.4, -0.2) is 98.2 Å². The number of carbonyl (C=O) groups is 4. The number of carbonyl (C=O) groups excluding carboxylic acids is 4. The Balaban J connectivity index is 1.23. The highest BCUT2D eigenvalue weighted by Crippen LogP contribution is 2.47. The Morgan fingerprint density at radius 2 is 1.78 bits per heavy atom. The van der Waals surface area contributed by atoms with Crippen molar-refractivity contribution in [2.24, 2.45) is 17.8 Å². The van der Waals surface area contributed by atoms with Crippen molar-refractivity contribution in [3.8, 4) is 11.6 Å². The molecular weight excluding hydrogens is 761 g/mol. The number of nitrogens with one attached hydrogen (secondary N) is 3. The quantitative estimate of drug-likeness (QED) is 0.264. The van der Waals surface area contributed by atoms with Crippen molar-refractivity contribution in [1.29, 1.82) is 0 Å². The Hall–Kier alpha value is -5.18. The molecule has 7 unspecified atom stereocenters. The van der Waals surface area contributed by atoms with Crippen LogP contribution in [0.3, 0.4) is 0 Å². The van der Waals surface area contributed by atoms with E-state index in [-0.39, 0.29) is 31.2 Å². The summed E-state index contributed by atoms with van der Waals surface area (Å²) in [4.78, 5) is 65.3. The number of hydrogen-bond donors (Lipinski definition) is 3. The van der Waals surface area contributed by atoms with E-state index in [1.54, 1.807) is 38.4 Å². The fourth-order valence-corrected chi connectivity index (χ4v) is 9.55. The van der Waals surface area contributed by atoms with E-state index in [1.165, 1.54) is 4.90 Å². The van der Waals surface area contributed by atoms with Crippen molar-refractivity contribution in [1.82, 2.24) is 25.2 Å². The minimum absolute atomic E-state index is 0.00736. The molecule has 1 aromatic heterocycles. The summed E-state index contributed by atoms with van der Waals surface area (Å²) in [5, 5.41) is 7.49. The van der Waals surface area contributed by atoms with Crippen LogP contribution in [0.15, 0.2) is 66.9 Å². The predicted octanol–water partition coefficient (Wildman–Crippen LogP) is 4.34. The number of aromatic nitrogens is 1. The second kappa shape index (κ2) is 15.9. The Bertz CT molecular complexity index is 2220. The maximum absolute atomic E-state index is 15.0. The molecule has 2 aliphatic heterocycles. The second-order valence-corrected chi connectivity index (χ2v) is 19.3. The molecule has 2 aromatic carbocycles. The maximum atomic E-state index is 15.0. The van der Waals surface area contributed by atoms with Gasteiger partial charge in [0, 0.05) is 49.3 Å². The summed E-state index contributed by atoms with van der Waals surface area (Å²) in [6.07, 6.45) is 7.98. The number of sulfonamides is 1. The van der Waals surface area contributed by atoms with Gasteiger partial charge in [0.05, 0.1) is 18.4 Å². The van der Waals surface area contributed by atoms with Gasteiger partial charge in [-0.15, -0.1) is 0 Å². The van der Waals surface area contributed by atoms with Gasteiger partial charge in [0.25, 0.3) is 11.8 Å². The van der Waals surface area contributed by atoms with Gasteiger partial charge in [0.15, 0.2) is 0 Å². The number of nitrogens with zero attached hydrogens (tertiary/aromatic N) is 3. The first-order valence-corrected chi connectivity index (χ1v) is 21.6. The minimum Gasteiger partial charge on any atom is -0.497 e. The molecule has 4 amide bonds. The fourth-order valence-electron chi connectivity index (χ4n) is 8.24. The van der Waals surface area contributed by atoms with Crippen LogP contribution in [-0.2, 0) is 24.4 Å². The Kier molecular flexibility index (Phi) is 11.2. The van der Waals surface area contributed by atoms with Crippen LogP contribution in [0.2, 0.25) is 0 Å². The van der Waals surface area contributed by atoms with Crippen LogP contribution < -0.4 is 29.7 Å². The van der Waals surface area contributed by atoms with Gasteiger partial charge < -0.3 is 29.9 Å². The lowest BCUT2D eigenvalue weighted by Gasteiger charge is -2.33. The van der Waals surface area contributed by atoms with Crippen LogP contribution >= 0.6 is 0 Å². The molecule has 3 fully saturated rings. The molecule has 2 aliphatic carbocycles. The average Bonchev–Trinajstić information content (AvgIpc) is 4.08. The number of anilines is 1. The van der Waals surface area contributed by atoms with E-state index in [0.29, 0.717) is 48.3 Å². The lowest BCUT2D eigenvalue weighted by Crippen LogP contribution is -2.59. The van der Waals surface area contributed by atoms with Gasteiger partial charge in [0.2, 0.25) is 27.7 Å². The summed E-state index contributed by atoms with van der Waals surface area (Å²) in [5.74, 6) is -1.91. The van der Waals surface area contributed by atoms with E-state index in [0.717, 1.165) is 17.5 Å². The highest BCUT2D eigenvalue weighted by molar-refractivity contribution is 7.91. The monoisotopic (exact) mass is 814 g/mol. The molecule has 0 spiro atoms. The normalized spacial score (nSPS) is 28.2. The molecule has 3 aromatic rings. The zero-order valence-electron chi connectivity index (χ0n) is 34.0. The molecule has 3 heterocycles. The molecule has 3 N–H and O–H groups in total. The third-order valence-corrected chi connectivity index (χ3v) is 14.6. The molecule has 4 aliphatic rings. The first kappa shape index (κ1) is 41.0. The summed E-state index contributed by atoms with van der Waals surface area (Å²) in [6, 6.07) is 12.3. The molecule has 15 heteroatoms. The Labute approximate surface area is 340 Å². The van der Waals surface area contributed by atoms with Gasteiger partial charge in [0.1, 0.15) is 29.5 Å². The van der Waals surface area contributed by atoms with Crippen LogP contribution in [0.4, 0.5) is 5.69 Å². The highest BCUT2D eigenvalue weighted by atomic mass is 32.2. The molecule has 7 atom stereocenters. The van der Waals surface area contributed by atoms with Crippen molar-refractivity contribution in [3.63, 3.8) is 0 Å². The number of benzene rings is 2. The number of rotatable bonds is 9. The summed E-state index contributed by atoms with van der Waals surface area (Å²) < 4.78 is 39.6. The number of ether oxygens (including phenoxy) is 2. The van der Waals surface area contributed by atoms with Crippen molar-refractivity contribution >= 4 is 50.1 Å². The third kappa shape index (κ3) is 8.23. The zero-order valence-corrected chi connectivity index (χ0v) is 34.8. The van der Waals surface area contributed by atoms with Gasteiger partial charge >= 0.3 is 0 Å². The minimum atomic E-state index is -4.00. The van der Waals surface area contributed by atoms with Crippen LogP contribution in [0, 0.1) is 17.8 Å². The van der Waals surface area contributed by atoms with Crippen molar-refractivity contribution in [3.05, 3.63) is 72.4 Å². The fraction of sp³-hybridized carbons (Fsp3) is 0.512. The predicted molar refractivity (Wildman–Crippen MR) is 220 cm³/mol. The van der Waals surface area contributed by atoms with Crippen LogP contribution in [0.1, 0.15) is 76.1 Å². The standard InChI is InChI=1S/C43H54N6O8S/c1-26-9-7-8-10-30-24-43(30,41(53)47-58(54,55)42(3)18-19-42)46-38(51)35-23-33(57-39-34-16-15-32(56-6)22-29(34)17-20-44-39)25-49(35)40(52)36(27(2)21-26)45-37(50)28-11-13-31(14-12-28)48(4)5/h8,10-17,20,22,26-27,30,33,35-36H,7,9,18-19,21,23-25H2,1-6H3,(H,45,50)(H,46,51)(H,47,53). The van der Waals surface area contributed by atoms with Crippen molar-refractivity contribution < 1.29 is 37.1 Å². The Morgan fingerprint density at radius 1 is 1.03 bits per heavy atom. The molecule has 2 saturated carbocycles. The average molecular weight is 815 g/mol. The molecule has 0 bridgehead atoms. The lowest BCUT2D eigenvalue weighted by molar-refractivity contribution is -0.142. The van der Waals surface area contributed by atoms with Gasteiger partial charge in [-0.3, -0.25) is 23.9 Å². The van der Waals surface area contributed by atoms with Crippen molar-refractivity contribution in [2.75, 3.05) is 32.6 Å². The second-order valence-electron chi connectivity index (χ2n) is 17.1.